The second-order valence-electron chi connectivity index (χ2n) is 9.74. The highest BCUT2D eigenvalue weighted by Crippen LogP contribution is 2.45. The Morgan fingerprint density at radius 1 is 1.05 bits per heavy atom. The quantitative estimate of drug-likeness (QED) is 0.231. The molecule has 0 saturated carbocycles. The first kappa shape index (κ1) is 26.9. The van der Waals surface area contributed by atoms with Crippen LogP contribution in [0, 0.1) is 15.9 Å². The number of amides is 2. The smallest absolute Gasteiger partial charge is 0.336 e. The molecule has 1 fully saturated rings. The number of benzene rings is 3. The summed E-state index contributed by atoms with van der Waals surface area (Å²) in [7, 11) is 1.30. The second-order valence-corrected chi connectivity index (χ2v) is 9.74. The van der Waals surface area contributed by atoms with Gasteiger partial charge in [0.25, 0.3) is 5.69 Å². The average Bonchev–Trinajstić information content (AvgIpc) is 3.28. The number of fused-ring (bicyclic) bond motifs is 2. The molecule has 0 unspecified atom stereocenters. The van der Waals surface area contributed by atoms with Gasteiger partial charge in [0.05, 0.1) is 23.6 Å². The minimum Gasteiger partial charge on any atom is -0.488 e. The van der Waals surface area contributed by atoms with Crippen LogP contribution in [0.2, 0.25) is 0 Å². The monoisotopic (exact) mass is 545 g/mol. The van der Waals surface area contributed by atoms with Crippen molar-refractivity contribution in [1.82, 2.24) is 10.2 Å². The van der Waals surface area contributed by atoms with Crippen molar-refractivity contribution in [3.63, 3.8) is 0 Å². The lowest BCUT2D eigenvalue weighted by atomic mass is 9.88. The number of halogens is 1. The SMILES string of the molecule is COC(=O)C1=C(c2ccc(F)cc2OCc2ccccc2)C[C@@H]2CC[C@H]1N2C(=O)NCc1ccc([N+](=O)[O-])cc1. The van der Waals surface area contributed by atoms with E-state index in [0.29, 0.717) is 47.3 Å². The van der Waals surface area contributed by atoms with Gasteiger partial charge in [0, 0.05) is 36.3 Å². The van der Waals surface area contributed by atoms with Crippen LogP contribution < -0.4 is 10.1 Å². The van der Waals surface area contributed by atoms with Crippen LogP contribution in [0.25, 0.3) is 5.57 Å². The van der Waals surface area contributed by atoms with Gasteiger partial charge < -0.3 is 19.7 Å². The van der Waals surface area contributed by atoms with E-state index >= 15 is 0 Å². The third-order valence-corrected chi connectivity index (χ3v) is 7.34. The number of nitro benzene ring substituents is 1. The molecule has 2 aliphatic heterocycles. The molecule has 2 amide bonds. The van der Waals surface area contributed by atoms with E-state index < -0.39 is 22.8 Å². The van der Waals surface area contributed by atoms with Crippen molar-refractivity contribution in [1.29, 1.82) is 0 Å². The van der Waals surface area contributed by atoms with E-state index in [1.165, 1.54) is 31.4 Å². The fourth-order valence-electron chi connectivity index (χ4n) is 5.45. The molecule has 2 bridgehead atoms. The number of rotatable bonds is 8. The van der Waals surface area contributed by atoms with Crippen molar-refractivity contribution < 1.29 is 28.4 Å². The minimum atomic E-state index is -0.549. The van der Waals surface area contributed by atoms with Crippen LogP contribution in [0.4, 0.5) is 14.9 Å². The number of esters is 1. The first-order valence-corrected chi connectivity index (χ1v) is 12.9. The van der Waals surface area contributed by atoms with Gasteiger partial charge in [0.15, 0.2) is 0 Å². The summed E-state index contributed by atoms with van der Waals surface area (Å²) in [6.45, 7) is 0.397. The summed E-state index contributed by atoms with van der Waals surface area (Å²) < 4.78 is 25.5. The van der Waals surface area contributed by atoms with Crippen LogP contribution in [0.15, 0.2) is 78.4 Å². The number of hydrogen-bond donors (Lipinski definition) is 1. The van der Waals surface area contributed by atoms with Crippen molar-refractivity contribution in [2.75, 3.05) is 7.11 Å². The molecule has 0 radical (unpaired) electrons. The number of methoxy groups -OCH3 is 1. The maximum Gasteiger partial charge on any atom is 0.336 e. The van der Waals surface area contributed by atoms with Gasteiger partial charge in [0.1, 0.15) is 18.2 Å². The van der Waals surface area contributed by atoms with Crippen molar-refractivity contribution in [3.05, 3.63) is 111 Å². The summed E-state index contributed by atoms with van der Waals surface area (Å²) in [5, 5.41) is 13.8. The Bertz CT molecular complexity index is 1460. The Morgan fingerprint density at radius 2 is 1.80 bits per heavy atom. The predicted octanol–water partition coefficient (Wildman–Crippen LogP) is 5.39. The zero-order chi connectivity index (χ0) is 28.2. The molecule has 0 aromatic heterocycles. The molecular weight excluding hydrogens is 517 g/mol. The zero-order valence-electron chi connectivity index (χ0n) is 21.8. The summed E-state index contributed by atoms with van der Waals surface area (Å²) in [4.78, 5) is 38.6. The third kappa shape index (κ3) is 5.51. The summed E-state index contributed by atoms with van der Waals surface area (Å²) in [6, 6.07) is 18.7. The van der Waals surface area contributed by atoms with Crippen molar-refractivity contribution in [2.45, 2.75) is 44.5 Å². The topological polar surface area (TPSA) is 111 Å². The zero-order valence-corrected chi connectivity index (χ0v) is 21.8. The molecule has 206 valence electrons. The molecule has 1 saturated heterocycles. The van der Waals surface area contributed by atoms with E-state index in [0.717, 1.165) is 5.56 Å². The summed E-state index contributed by atoms with van der Waals surface area (Å²) in [6.07, 6.45) is 1.63. The molecule has 3 aromatic rings. The van der Waals surface area contributed by atoms with Crippen LogP contribution in [0.5, 0.6) is 5.75 Å². The predicted molar refractivity (Wildman–Crippen MR) is 145 cm³/mol. The van der Waals surface area contributed by atoms with Crippen LogP contribution >= 0.6 is 0 Å². The molecule has 9 nitrogen and oxygen atoms in total. The fraction of sp³-hybridized carbons (Fsp3) is 0.267. The largest absolute Gasteiger partial charge is 0.488 e. The lowest BCUT2D eigenvalue weighted by molar-refractivity contribution is -0.384. The summed E-state index contributed by atoms with van der Waals surface area (Å²) >= 11 is 0. The number of nitro groups is 1. The van der Waals surface area contributed by atoms with Gasteiger partial charge in [-0.05, 0) is 48.1 Å². The fourth-order valence-corrected chi connectivity index (χ4v) is 5.45. The molecule has 1 N–H and O–H groups in total. The minimum absolute atomic E-state index is 0.0301. The third-order valence-electron chi connectivity index (χ3n) is 7.34. The van der Waals surface area contributed by atoms with Crippen molar-refractivity contribution >= 4 is 23.3 Å². The number of nitrogens with zero attached hydrogens (tertiary/aromatic N) is 2. The number of urea groups is 1. The van der Waals surface area contributed by atoms with Crippen LogP contribution in [0.1, 0.15) is 36.0 Å². The Balaban J connectivity index is 1.41. The van der Waals surface area contributed by atoms with Gasteiger partial charge in [-0.15, -0.1) is 0 Å². The highest BCUT2D eigenvalue weighted by molar-refractivity contribution is 6.01. The number of hydrogen-bond acceptors (Lipinski definition) is 6. The van der Waals surface area contributed by atoms with Crippen molar-refractivity contribution in [2.24, 2.45) is 0 Å². The number of ether oxygens (including phenoxy) is 2. The molecule has 0 aliphatic carbocycles. The van der Waals surface area contributed by atoms with Crippen LogP contribution in [0.3, 0.4) is 0 Å². The number of non-ortho nitro benzene ring substituents is 1. The average molecular weight is 546 g/mol. The normalized spacial score (nSPS) is 17.9. The van der Waals surface area contributed by atoms with E-state index in [1.807, 2.05) is 30.3 Å². The second kappa shape index (κ2) is 11.6. The molecule has 5 rings (SSSR count). The highest BCUT2D eigenvalue weighted by Gasteiger charge is 2.47. The summed E-state index contributed by atoms with van der Waals surface area (Å²) in [5.74, 6) is -0.694. The highest BCUT2D eigenvalue weighted by atomic mass is 19.1. The molecule has 2 aliphatic rings. The number of carbonyl (C=O) groups excluding carboxylic acids is 2. The maximum absolute atomic E-state index is 14.3. The Labute approximate surface area is 230 Å². The van der Waals surface area contributed by atoms with Crippen LogP contribution in [-0.4, -0.2) is 41.0 Å². The van der Waals surface area contributed by atoms with Crippen molar-refractivity contribution in [3.8, 4) is 5.75 Å². The Hall–Kier alpha value is -4.73. The van der Waals surface area contributed by atoms with Gasteiger partial charge in [-0.25, -0.2) is 14.0 Å². The van der Waals surface area contributed by atoms with E-state index in [9.17, 15) is 24.1 Å². The standard InChI is InChI=1S/C30H28FN3O6/c1-39-29(35)28-25(24-13-9-21(31)15-27(24)40-18-20-5-3-2-4-6-20)16-23-12-14-26(28)33(23)30(36)32-17-19-7-10-22(11-8-19)34(37)38/h2-11,13,15,23,26H,12,14,16-18H2,1H3,(H,32,36)/t23-,26+/m0/s1. The van der Waals surface area contributed by atoms with Gasteiger partial charge in [0.2, 0.25) is 0 Å². The molecule has 2 heterocycles. The number of carbonyl (C=O) groups is 2. The molecule has 0 spiro atoms. The molecule has 3 aromatic carbocycles. The lowest BCUT2D eigenvalue weighted by Crippen LogP contribution is -2.50. The Kier molecular flexibility index (Phi) is 7.77. The first-order chi connectivity index (χ1) is 19.4. The van der Waals surface area contributed by atoms with Gasteiger partial charge in [-0.1, -0.05) is 42.5 Å². The number of nitrogens with one attached hydrogen (secondary N) is 1. The van der Waals surface area contributed by atoms with E-state index in [2.05, 4.69) is 5.32 Å². The summed E-state index contributed by atoms with van der Waals surface area (Å²) in [5.41, 5.74) is 3.23. The van der Waals surface area contributed by atoms with E-state index in [-0.39, 0.29) is 30.9 Å². The molecule has 40 heavy (non-hydrogen) atoms. The molecule has 10 heteroatoms. The first-order valence-electron chi connectivity index (χ1n) is 12.9. The van der Waals surface area contributed by atoms with Gasteiger partial charge >= 0.3 is 12.0 Å². The van der Waals surface area contributed by atoms with Gasteiger partial charge in [-0.2, -0.15) is 0 Å². The van der Waals surface area contributed by atoms with E-state index in [1.54, 1.807) is 23.1 Å². The molecular formula is C30H28FN3O6. The Morgan fingerprint density at radius 3 is 2.50 bits per heavy atom. The molecule has 2 atom stereocenters. The maximum atomic E-state index is 14.3. The van der Waals surface area contributed by atoms with Crippen LogP contribution in [-0.2, 0) is 22.7 Å². The van der Waals surface area contributed by atoms with Gasteiger partial charge in [-0.3, -0.25) is 10.1 Å². The lowest BCUT2D eigenvalue weighted by Gasteiger charge is -2.37. The van der Waals surface area contributed by atoms with E-state index in [4.69, 9.17) is 9.47 Å².